The van der Waals surface area contributed by atoms with E-state index in [1.54, 1.807) is 36.4 Å². The molecule has 0 saturated carbocycles. The number of aryl methyl sites for hydroxylation is 2. The van der Waals surface area contributed by atoms with E-state index in [4.69, 9.17) is 9.78 Å². The lowest BCUT2D eigenvalue weighted by atomic mass is 10.1. The standard InChI is InChI=1S/C24H50O2.C16H14O4/c1-3-5-7-9-11-13-15-17-19-21-23-25-26-24-22-20-18-16-14-12-10-8-6-4-2;1-11-5-3-7-13(9-11)15(17)19-20-16(18)14-8-4-6-12(2)10-14/h3-24H2,1-2H3;3-10H,1-2H3. The molecule has 0 N–H and O–H groups in total. The van der Waals surface area contributed by atoms with Crippen LogP contribution in [0.1, 0.15) is 174 Å². The van der Waals surface area contributed by atoms with E-state index >= 15 is 0 Å². The average molecular weight is 641 g/mol. The zero-order valence-electron chi connectivity index (χ0n) is 29.6. The Hall–Kier alpha value is -2.70. The molecular weight excluding hydrogens is 576 g/mol. The fraction of sp³-hybridized carbons (Fsp3) is 0.650. The van der Waals surface area contributed by atoms with Crippen molar-refractivity contribution in [3.8, 4) is 0 Å². The van der Waals surface area contributed by atoms with Crippen molar-refractivity contribution < 1.29 is 29.1 Å². The zero-order valence-corrected chi connectivity index (χ0v) is 29.6. The van der Waals surface area contributed by atoms with Crippen molar-refractivity contribution in [2.75, 3.05) is 13.2 Å². The summed E-state index contributed by atoms with van der Waals surface area (Å²) in [4.78, 5) is 43.1. The van der Waals surface area contributed by atoms with Crippen LogP contribution in [-0.4, -0.2) is 25.2 Å². The van der Waals surface area contributed by atoms with Gasteiger partial charge in [-0.3, -0.25) is 0 Å². The van der Waals surface area contributed by atoms with Crippen molar-refractivity contribution >= 4 is 11.9 Å². The Morgan fingerprint density at radius 1 is 0.457 bits per heavy atom. The predicted molar refractivity (Wildman–Crippen MR) is 189 cm³/mol. The molecule has 0 bridgehead atoms. The highest BCUT2D eigenvalue weighted by molar-refractivity contribution is 5.92. The molecule has 0 aliphatic carbocycles. The van der Waals surface area contributed by atoms with Crippen LogP contribution in [0.2, 0.25) is 0 Å². The van der Waals surface area contributed by atoms with Gasteiger partial charge in [0.25, 0.3) is 0 Å². The van der Waals surface area contributed by atoms with Gasteiger partial charge in [-0.1, -0.05) is 165 Å². The Bertz CT molecular complexity index is 939. The molecule has 0 amide bonds. The summed E-state index contributed by atoms with van der Waals surface area (Å²) in [5.74, 6) is -1.40. The second-order valence-corrected chi connectivity index (χ2v) is 12.5. The summed E-state index contributed by atoms with van der Waals surface area (Å²) in [5.41, 5.74) is 2.51. The van der Waals surface area contributed by atoms with Gasteiger partial charge in [-0.25, -0.2) is 29.1 Å². The maximum Gasteiger partial charge on any atom is 0.386 e. The number of hydrogen-bond acceptors (Lipinski definition) is 6. The fourth-order valence-electron chi connectivity index (χ4n) is 5.13. The summed E-state index contributed by atoms with van der Waals surface area (Å²) in [6.45, 7) is 9.82. The van der Waals surface area contributed by atoms with Gasteiger partial charge in [-0.2, -0.15) is 0 Å². The van der Waals surface area contributed by atoms with Crippen molar-refractivity contribution in [2.45, 2.75) is 156 Å². The highest BCUT2D eigenvalue weighted by Crippen LogP contribution is 2.13. The van der Waals surface area contributed by atoms with Gasteiger partial charge >= 0.3 is 11.9 Å². The van der Waals surface area contributed by atoms with Crippen LogP contribution in [0.5, 0.6) is 0 Å². The van der Waals surface area contributed by atoms with E-state index in [2.05, 4.69) is 23.6 Å². The van der Waals surface area contributed by atoms with Gasteiger partial charge in [-0.05, 0) is 51.0 Å². The number of rotatable bonds is 25. The number of benzene rings is 2. The van der Waals surface area contributed by atoms with Crippen molar-refractivity contribution in [1.82, 2.24) is 0 Å². The van der Waals surface area contributed by atoms with Gasteiger partial charge in [0, 0.05) is 0 Å². The summed E-state index contributed by atoms with van der Waals surface area (Å²) < 4.78 is 0. The molecule has 0 aliphatic rings. The fourth-order valence-corrected chi connectivity index (χ4v) is 5.13. The molecule has 6 heteroatoms. The van der Waals surface area contributed by atoms with E-state index < -0.39 is 11.9 Å². The van der Waals surface area contributed by atoms with Crippen molar-refractivity contribution in [3.63, 3.8) is 0 Å². The van der Waals surface area contributed by atoms with Crippen molar-refractivity contribution in [3.05, 3.63) is 70.8 Å². The molecule has 2 rings (SSSR count). The van der Waals surface area contributed by atoms with Crippen molar-refractivity contribution in [2.24, 2.45) is 0 Å². The molecule has 0 atom stereocenters. The van der Waals surface area contributed by atoms with Crippen LogP contribution in [-0.2, 0) is 19.6 Å². The summed E-state index contributed by atoms with van der Waals surface area (Å²) in [6, 6.07) is 13.7. The molecule has 0 aliphatic heterocycles. The molecular formula is C40H64O6. The van der Waals surface area contributed by atoms with E-state index in [-0.39, 0.29) is 0 Å². The number of carbonyl (C=O) groups excluding carboxylic acids is 2. The van der Waals surface area contributed by atoms with Crippen LogP contribution >= 0.6 is 0 Å². The predicted octanol–water partition coefficient (Wildman–Crippen LogP) is 12.0. The van der Waals surface area contributed by atoms with Gasteiger partial charge in [0.1, 0.15) is 0 Å². The SMILES string of the molecule is CCCCCCCCCCCCOOCCCCCCCCCCCC.Cc1cccc(C(=O)OOC(=O)c2cccc(C)c2)c1. The first-order valence-electron chi connectivity index (χ1n) is 18.3. The minimum atomic E-state index is -0.699. The van der Waals surface area contributed by atoms with Crippen LogP contribution < -0.4 is 0 Å². The van der Waals surface area contributed by atoms with E-state index in [9.17, 15) is 9.59 Å². The van der Waals surface area contributed by atoms with Crippen LogP contribution in [0.25, 0.3) is 0 Å². The third kappa shape index (κ3) is 23.6. The maximum absolute atomic E-state index is 11.7. The molecule has 0 spiro atoms. The lowest BCUT2D eigenvalue weighted by Crippen LogP contribution is -2.12. The molecule has 0 fully saturated rings. The Labute approximate surface area is 280 Å². The summed E-state index contributed by atoms with van der Waals surface area (Å²) in [6.07, 6.45) is 27.3. The van der Waals surface area contributed by atoms with Gasteiger partial charge in [-0.15, -0.1) is 0 Å². The minimum Gasteiger partial charge on any atom is -0.242 e. The van der Waals surface area contributed by atoms with E-state index in [0.29, 0.717) is 11.1 Å². The second kappa shape index (κ2) is 29.7. The van der Waals surface area contributed by atoms with E-state index in [1.807, 2.05) is 26.0 Å². The van der Waals surface area contributed by atoms with Gasteiger partial charge in [0.15, 0.2) is 0 Å². The first-order chi connectivity index (χ1) is 22.5. The molecule has 0 heterocycles. The molecule has 0 unspecified atom stereocenters. The first-order valence-corrected chi connectivity index (χ1v) is 18.3. The van der Waals surface area contributed by atoms with Crippen molar-refractivity contribution in [1.29, 1.82) is 0 Å². The smallest absolute Gasteiger partial charge is 0.242 e. The van der Waals surface area contributed by atoms with Crippen LogP contribution in [0, 0.1) is 13.8 Å². The lowest BCUT2D eigenvalue weighted by molar-refractivity contribution is -0.295. The lowest BCUT2D eigenvalue weighted by Gasteiger charge is -2.05. The highest BCUT2D eigenvalue weighted by atomic mass is 17.2. The Morgan fingerprint density at radius 3 is 1.07 bits per heavy atom. The molecule has 260 valence electrons. The summed E-state index contributed by atoms with van der Waals surface area (Å²) in [7, 11) is 0. The number of unbranched alkanes of at least 4 members (excludes halogenated alkanes) is 18. The molecule has 2 aromatic rings. The molecule has 0 saturated heterocycles. The van der Waals surface area contributed by atoms with Gasteiger partial charge in [0.05, 0.1) is 24.3 Å². The van der Waals surface area contributed by atoms with Crippen LogP contribution in [0.3, 0.4) is 0 Å². The minimum absolute atomic E-state index is 0.335. The highest BCUT2D eigenvalue weighted by Gasteiger charge is 2.14. The third-order valence-corrected chi connectivity index (χ3v) is 7.95. The Balaban J connectivity index is 0.000000473. The van der Waals surface area contributed by atoms with Crippen LogP contribution in [0.4, 0.5) is 0 Å². The number of hydrogen-bond donors (Lipinski definition) is 0. The number of carbonyl (C=O) groups is 2. The average Bonchev–Trinajstić information content (AvgIpc) is 3.06. The van der Waals surface area contributed by atoms with Gasteiger partial charge in [0.2, 0.25) is 0 Å². The summed E-state index contributed by atoms with van der Waals surface area (Å²) >= 11 is 0. The second-order valence-electron chi connectivity index (χ2n) is 12.5. The monoisotopic (exact) mass is 640 g/mol. The molecule has 0 radical (unpaired) electrons. The quantitative estimate of drug-likeness (QED) is 0.0611. The van der Waals surface area contributed by atoms with Crippen LogP contribution in [0.15, 0.2) is 48.5 Å². The molecule has 2 aromatic carbocycles. The topological polar surface area (TPSA) is 71.1 Å². The Morgan fingerprint density at radius 2 is 0.761 bits per heavy atom. The normalized spacial score (nSPS) is 10.7. The van der Waals surface area contributed by atoms with Gasteiger partial charge < -0.3 is 0 Å². The largest absolute Gasteiger partial charge is 0.386 e. The Kier molecular flexibility index (Phi) is 26.7. The summed E-state index contributed by atoms with van der Waals surface area (Å²) in [5, 5.41) is 0. The molecule has 46 heavy (non-hydrogen) atoms. The van der Waals surface area contributed by atoms with E-state index in [1.165, 1.54) is 116 Å². The molecule has 6 nitrogen and oxygen atoms in total. The first kappa shape index (κ1) is 41.3. The zero-order chi connectivity index (χ0) is 33.5. The molecule has 0 aromatic heterocycles. The third-order valence-electron chi connectivity index (χ3n) is 7.95. The van der Waals surface area contributed by atoms with E-state index in [0.717, 1.165) is 37.2 Å². The maximum atomic E-state index is 11.7.